The highest BCUT2D eigenvalue weighted by molar-refractivity contribution is 5.38. The van der Waals surface area contributed by atoms with Gasteiger partial charge >= 0.3 is 0 Å². The summed E-state index contributed by atoms with van der Waals surface area (Å²) in [6.45, 7) is 6.73. The molecule has 0 radical (unpaired) electrons. The van der Waals surface area contributed by atoms with Crippen molar-refractivity contribution in [2.24, 2.45) is 0 Å². The van der Waals surface area contributed by atoms with Gasteiger partial charge < -0.3 is 14.2 Å². The number of aromatic nitrogens is 3. The summed E-state index contributed by atoms with van der Waals surface area (Å²) in [6.07, 6.45) is 0. The Labute approximate surface area is 136 Å². The molecular formula is C16H23N5O2. The molecule has 3 heterocycles. The Bertz CT molecular complexity index is 670. The van der Waals surface area contributed by atoms with Gasteiger partial charge in [-0.2, -0.15) is 0 Å². The van der Waals surface area contributed by atoms with Gasteiger partial charge in [0, 0.05) is 45.0 Å². The number of nitrogens with zero attached hydrogens (tertiary/aromatic N) is 5. The normalized spacial score (nSPS) is 19.0. The first-order chi connectivity index (χ1) is 11.0. The molecular weight excluding hydrogens is 294 g/mol. The van der Waals surface area contributed by atoms with E-state index in [1.807, 2.05) is 45.0 Å². The summed E-state index contributed by atoms with van der Waals surface area (Å²) in [7, 11) is 3.97. The van der Waals surface area contributed by atoms with E-state index in [2.05, 4.69) is 15.0 Å². The lowest BCUT2D eigenvalue weighted by Gasteiger charge is -2.34. The second-order valence-corrected chi connectivity index (χ2v) is 6.11. The SMILES string of the molecule is Cc1cc(N(C)C)nc(C2COCCN2Cc2cc(C)on2)n1. The summed E-state index contributed by atoms with van der Waals surface area (Å²) >= 11 is 0. The molecule has 0 spiro atoms. The van der Waals surface area contributed by atoms with Gasteiger partial charge in [-0.15, -0.1) is 0 Å². The lowest BCUT2D eigenvalue weighted by atomic mass is 10.2. The Balaban J connectivity index is 1.86. The highest BCUT2D eigenvalue weighted by Crippen LogP contribution is 2.25. The van der Waals surface area contributed by atoms with Crippen molar-refractivity contribution in [3.05, 3.63) is 35.1 Å². The summed E-state index contributed by atoms with van der Waals surface area (Å²) in [4.78, 5) is 13.6. The van der Waals surface area contributed by atoms with Crippen LogP contribution in [0.2, 0.25) is 0 Å². The number of hydrogen-bond donors (Lipinski definition) is 0. The average Bonchev–Trinajstić information content (AvgIpc) is 2.92. The number of rotatable bonds is 4. The standard InChI is InChI=1S/C16H23N5O2/c1-11-7-15(20(3)4)18-16(17-11)14-10-22-6-5-21(14)9-13-8-12(2)23-19-13/h7-8,14H,5-6,9-10H2,1-4H3. The smallest absolute Gasteiger partial charge is 0.150 e. The van der Waals surface area contributed by atoms with Crippen LogP contribution in [-0.4, -0.2) is 53.9 Å². The first-order valence-electron chi connectivity index (χ1n) is 7.80. The molecule has 2 aromatic heterocycles. The third-order valence-corrected chi connectivity index (χ3v) is 3.90. The zero-order valence-corrected chi connectivity index (χ0v) is 14.1. The Morgan fingerprint density at radius 2 is 2.09 bits per heavy atom. The molecule has 1 aliphatic heterocycles. The lowest BCUT2D eigenvalue weighted by molar-refractivity contribution is -0.0168. The Kier molecular flexibility index (Phi) is 4.58. The maximum Gasteiger partial charge on any atom is 0.150 e. The van der Waals surface area contributed by atoms with Gasteiger partial charge in [-0.05, 0) is 13.8 Å². The fourth-order valence-electron chi connectivity index (χ4n) is 2.72. The molecule has 1 aliphatic rings. The van der Waals surface area contributed by atoms with Crippen LogP contribution >= 0.6 is 0 Å². The molecule has 0 aliphatic carbocycles. The molecule has 1 saturated heterocycles. The third-order valence-electron chi connectivity index (χ3n) is 3.90. The minimum absolute atomic E-state index is 0.0272. The molecule has 0 aromatic carbocycles. The highest BCUT2D eigenvalue weighted by Gasteiger charge is 2.28. The predicted molar refractivity (Wildman–Crippen MR) is 86.3 cm³/mol. The van der Waals surface area contributed by atoms with Crippen LogP contribution in [0.15, 0.2) is 16.7 Å². The lowest BCUT2D eigenvalue weighted by Crippen LogP contribution is -2.40. The molecule has 1 fully saturated rings. The van der Waals surface area contributed by atoms with Crippen molar-refractivity contribution >= 4 is 5.82 Å². The van der Waals surface area contributed by atoms with Gasteiger partial charge in [-0.1, -0.05) is 5.16 Å². The van der Waals surface area contributed by atoms with E-state index in [1.54, 1.807) is 0 Å². The first kappa shape index (κ1) is 15.9. The molecule has 23 heavy (non-hydrogen) atoms. The minimum Gasteiger partial charge on any atom is -0.378 e. The van der Waals surface area contributed by atoms with Crippen LogP contribution in [-0.2, 0) is 11.3 Å². The number of ether oxygens (including phenoxy) is 1. The van der Waals surface area contributed by atoms with E-state index >= 15 is 0 Å². The van der Waals surface area contributed by atoms with Crippen LogP contribution in [0, 0.1) is 13.8 Å². The van der Waals surface area contributed by atoms with Crippen molar-refractivity contribution in [1.82, 2.24) is 20.0 Å². The van der Waals surface area contributed by atoms with Crippen LogP contribution in [0.3, 0.4) is 0 Å². The number of aryl methyl sites for hydroxylation is 2. The Hall–Kier alpha value is -1.99. The minimum atomic E-state index is 0.0272. The van der Waals surface area contributed by atoms with E-state index < -0.39 is 0 Å². The van der Waals surface area contributed by atoms with Crippen molar-refractivity contribution in [2.75, 3.05) is 38.8 Å². The van der Waals surface area contributed by atoms with E-state index in [0.717, 1.165) is 35.3 Å². The van der Waals surface area contributed by atoms with Crippen LogP contribution < -0.4 is 4.90 Å². The van der Waals surface area contributed by atoms with Crippen LogP contribution in [0.5, 0.6) is 0 Å². The number of morpholine rings is 1. The molecule has 1 atom stereocenters. The van der Waals surface area contributed by atoms with Crippen LogP contribution in [0.1, 0.15) is 29.0 Å². The topological polar surface area (TPSA) is 67.5 Å². The van der Waals surface area contributed by atoms with E-state index in [0.29, 0.717) is 19.8 Å². The predicted octanol–water partition coefficient (Wildman–Crippen LogP) is 1.72. The first-order valence-corrected chi connectivity index (χ1v) is 7.80. The van der Waals surface area contributed by atoms with Gasteiger partial charge in [0.15, 0.2) is 0 Å². The summed E-state index contributed by atoms with van der Waals surface area (Å²) in [6, 6.07) is 3.98. The molecule has 0 N–H and O–H groups in total. The molecule has 0 amide bonds. The summed E-state index contributed by atoms with van der Waals surface area (Å²) in [5.41, 5.74) is 1.89. The van der Waals surface area contributed by atoms with Gasteiger partial charge in [0.2, 0.25) is 0 Å². The van der Waals surface area contributed by atoms with Gasteiger partial charge in [0.05, 0.1) is 24.9 Å². The molecule has 1 unspecified atom stereocenters. The van der Waals surface area contributed by atoms with E-state index in [4.69, 9.17) is 14.2 Å². The van der Waals surface area contributed by atoms with Gasteiger partial charge in [-0.25, -0.2) is 9.97 Å². The fraction of sp³-hybridized carbons (Fsp3) is 0.562. The van der Waals surface area contributed by atoms with Crippen molar-refractivity contribution in [3.63, 3.8) is 0 Å². The Morgan fingerprint density at radius 3 is 2.78 bits per heavy atom. The molecule has 124 valence electrons. The average molecular weight is 317 g/mol. The third kappa shape index (κ3) is 3.68. The van der Waals surface area contributed by atoms with Gasteiger partial charge in [0.1, 0.15) is 17.4 Å². The number of hydrogen-bond acceptors (Lipinski definition) is 7. The monoisotopic (exact) mass is 317 g/mol. The maximum absolute atomic E-state index is 5.67. The van der Waals surface area contributed by atoms with E-state index in [9.17, 15) is 0 Å². The zero-order valence-electron chi connectivity index (χ0n) is 14.1. The highest BCUT2D eigenvalue weighted by atomic mass is 16.5. The Morgan fingerprint density at radius 1 is 1.26 bits per heavy atom. The molecule has 7 heteroatoms. The fourth-order valence-corrected chi connectivity index (χ4v) is 2.72. The van der Waals surface area contributed by atoms with Crippen molar-refractivity contribution in [1.29, 1.82) is 0 Å². The van der Waals surface area contributed by atoms with Crippen molar-refractivity contribution < 1.29 is 9.26 Å². The quantitative estimate of drug-likeness (QED) is 0.850. The second kappa shape index (κ2) is 6.64. The summed E-state index contributed by atoms with van der Waals surface area (Å²) < 4.78 is 10.8. The van der Waals surface area contributed by atoms with E-state index in [-0.39, 0.29) is 6.04 Å². The molecule has 2 aromatic rings. The molecule has 0 bridgehead atoms. The van der Waals surface area contributed by atoms with Crippen molar-refractivity contribution in [2.45, 2.75) is 26.4 Å². The number of anilines is 1. The molecule has 7 nitrogen and oxygen atoms in total. The molecule has 3 rings (SSSR count). The maximum atomic E-state index is 5.67. The molecule has 0 saturated carbocycles. The van der Waals surface area contributed by atoms with Crippen LogP contribution in [0.4, 0.5) is 5.82 Å². The van der Waals surface area contributed by atoms with Gasteiger partial charge in [-0.3, -0.25) is 4.90 Å². The van der Waals surface area contributed by atoms with Crippen molar-refractivity contribution in [3.8, 4) is 0 Å². The second-order valence-electron chi connectivity index (χ2n) is 6.11. The largest absolute Gasteiger partial charge is 0.378 e. The van der Waals surface area contributed by atoms with E-state index in [1.165, 1.54) is 0 Å². The summed E-state index contributed by atoms with van der Waals surface area (Å²) in [5, 5.41) is 4.09. The summed E-state index contributed by atoms with van der Waals surface area (Å²) in [5.74, 6) is 2.54. The van der Waals surface area contributed by atoms with Gasteiger partial charge in [0.25, 0.3) is 0 Å². The zero-order chi connectivity index (χ0) is 16.4. The van der Waals surface area contributed by atoms with Crippen LogP contribution in [0.25, 0.3) is 0 Å².